The molecule has 4 nitrogen and oxygen atoms in total. The summed E-state index contributed by atoms with van der Waals surface area (Å²) >= 11 is 0. The predicted octanol–water partition coefficient (Wildman–Crippen LogP) is 1.68. The summed E-state index contributed by atoms with van der Waals surface area (Å²) < 4.78 is 10.9. The van der Waals surface area contributed by atoms with Gasteiger partial charge in [-0.15, -0.1) is 0 Å². The van der Waals surface area contributed by atoms with E-state index in [1.807, 2.05) is 13.8 Å². The van der Waals surface area contributed by atoms with E-state index in [-0.39, 0.29) is 23.6 Å². The van der Waals surface area contributed by atoms with Crippen LogP contribution in [0.25, 0.3) is 0 Å². The zero-order valence-corrected chi connectivity index (χ0v) is 11.7. The molecule has 0 aromatic rings. The molecule has 0 N–H and O–H groups in total. The molecule has 0 amide bonds. The van der Waals surface area contributed by atoms with Crippen molar-refractivity contribution < 1.29 is 14.3 Å². The van der Waals surface area contributed by atoms with Crippen molar-refractivity contribution in [1.29, 1.82) is 0 Å². The number of rotatable bonds is 4. The molecule has 1 fully saturated rings. The zero-order chi connectivity index (χ0) is 13.1. The lowest BCUT2D eigenvalue weighted by Crippen LogP contribution is -2.53. The van der Waals surface area contributed by atoms with E-state index in [0.717, 1.165) is 19.6 Å². The van der Waals surface area contributed by atoms with Gasteiger partial charge < -0.3 is 9.47 Å². The lowest BCUT2D eigenvalue weighted by Gasteiger charge is -2.42. The van der Waals surface area contributed by atoms with Crippen molar-refractivity contribution >= 4 is 5.97 Å². The van der Waals surface area contributed by atoms with Crippen molar-refractivity contribution in [2.24, 2.45) is 5.92 Å². The van der Waals surface area contributed by atoms with E-state index >= 15 is 0 Å². The molecule has 0 aromatic carbocycles. The highest BCUT2D eigenvalue weighted by molar-refractivity contribution is 5.72. The van der Waals surface area contributed by atoms with Crippen LogP contribution < -0.4 is 0 Å². The Morgan fingerprint density at radius 3 is 2.76 bits per heavy atom. The number of esters is 1. The third-order valence-electron chi connectivity index (χ3n) is 2.86. The van der Waals surface area contributed by atoms with Crippen LogP contribution in [0.15, 0.2) is 0 Å². The number of carbonyl (C=O) groups excluding carboxylic acids is 1. The van der Waals surface area contributed by atoms with Gasteiger partial charge in [-0.25, -0.2) is 0 Å². The Morgan fingerprint density at radius 1 is 1.59 bits per heavy atom. The van der Waals surface area contributed by atoms with Crippen LogP contribution in [0.3, 0.4) is 0 Å². The van der Waals surface area contributed by atoms with Crippen LogP contribution in [0.4, 0.5) is 0 Å². The average Bonchev–Trinajstić information content (AvgIpc) is 2.14. The van der Waals surface area contributed by atoms with Gasteiger partial charge in [0.25, 0.3) is 0 Å². The minimum absolute atomic E-state index is 0.0731. The van der Waals surface area contributed by atoms with Crippen LogP contribution in [-0.2, 0) is 14.3 Å². The molecule has 4 heteroatoms. The molecule has 0 spiro atoms. The van der Waals surface area contributed by atoms with E-state index in [1.54, 1.807) is 0 Å². The Labute approximate surface area is 104 Å². The van der Waals surface area contributed by atoms with Crippen molar-refractivity contribution in [3.63, 3.8) is 0 Å². The Kier molecular flexibility index (Phi) is 4.95. The second kappa shape index (κ2) is 5.83. The monoisotopic (exact) mass is 243 g/mol. The van der Waals surface area contributed by atoms with Gasteiger partial charge in [0.1, 0.15) is 0 Å². The first-order chi connectivity index (χ1) is 7.84. The first-order valence-electron chi connectivity index (χ1n) is 6.41. The summed E-state index contributed by atoms with van der Waals surface area (Å²) in [4.78, 5) is 13.9. The molecule has 0 aromatic heterocycles. The number of ether oxygens (including phenoxy) is 2. The van der Waals surface area contributed by atoms with Gasteiger partial charge in [0.2, 0.25) is 0 Å². The molecule has 0 aliphatic carbocycles. The van der Waals surface area contributed by atoms with Crippen LogP contribution >= 0.6 is 0 Å². The van der Waals surface area contributed by atoms with Crippen molar-refractivity contribution in [1.82, 2.24) is 4.90 Å². The van der Waals surface area contributed by atoms with Crippen molar-refractivity contribution in [3.8, 4) is 0 Å². The Morgan fingerprint density at radius 2 is 2.24 bits per heavy atom. The first-order valence-corrected chi connectivity index (χ1v) is 6.41. The van der Waals surface area contributed by atoms with E-state index in [1.165, 1.54) is 0 Å². The maximum absolute atomic E-state index is 11.6. The lowest BCUT2D eigenvalue weighted by atomic mass is 10.0. The standard InChI is InChI=1S/C13H25NO3/c1-6-16-12(15)10(2)7-14-8-11(3)17-13(4,5)9-14/h10-11H,6-9H2,1-5H3. The molecule has 0 bridgehead atoms. The Bertz CT molecular complexity index is 265. The molecule has 2 unspecified atom stereocenters. The number of carbonyl (C=O) groups is 1. The van der Waals surface area contributed by atoms with Gasteiger partial charge in [0.15, 0.2) is 0 Å². The van der Waals surface area contributed by atoms with Crippen molar-refractivity contribution in [2.75, 3.05) is 26.2 Å². The molecule has 17 heavy (non-hydrogen) atoms. The fraction of sp³-hybridized carbons (Fsp3) is 0.923. The van der Waals surface area contributed by atoms with Gasteiger partial charge in [0.05, 0.1) is 24.2 Å². The normalized spacial score (nSPS) is 26.5. The lowest BCUT2D eigenvalue weighted by molar-refractivity contribution is -0.153. The molecular formula is C13H25NO3. The van der Waals surface area contributed by atoms with Crippen LogP contribution in [0.1, 0.15) is 34.6 Å². The van der Waals surface area contributed by atoms with E-state index < -0.39 is 0 Å². The quantitative estimate of drug-likeness (QED) is 0.704. The molecule has 2 atom stereocenters. The minimum atomic E-state index is -0.133. The van der Waals surface area contributed by atoms with Crippen molar-refractivity contribution in [2.45, 2.75) is 46.3 Å². The SMILES string of the molecule is CCOC(=O)C(C)CN1CC(C)OC(C)(C)C1. The molecule has 0 saturated carbocycles. The van der Waals surface area contributed by atoms with Gasteiger partial charge in [-0.2, -0.15) is 0 Å². The molecule has 1 saturated heterocycles. The summed E-state index contributed by atoms with van der Waals surface area (Å²) in [5, 5.41) is 0. The third-order valence-corrected chi connectivity index (χ3v) is 2.86. The topological polar surface area (TPSA) is 38.8 Å². The third kappa shape index (κ3) is 4.64. The highest BCUT2D eigenvalue weighted by Crippen LogP contribution is 2.21. The smallest absolute Gasteiger partial charge is 0.309 e. The summed E-state index contributed by atoms with van der Waals surface area (Å²) in [6, 6.07) is 0. The summed E-state index contributed by atoms with van der Waals surface area (Å²) in [6.45, 7) is 13.0. The molecular weight excluding hydrogens is 218 g/mol. The second-order valence-electron chi connectivity index (χ2n) is 5.54. The van der Waals surface area contributed by atoms with Crippen LogP contribution in [0.2, 0.25) is 0 Å². The summed E-state index contributed by atoms with van der Waals surface area (Å²) in [7, 11) is 0. The van der Waals surface area contributed by atoms with Crippen LogP contribution in [0.5, 0.6) is 0 Å². The Hall–Kier alpha value is -0.610. The van der Waals surface area contributed by atoms with Gasteiger partial charge in [-0.05, 0) is 27.7 Å². The fourth-order valence-electron chi connectivity index (χ4n) is 2.47. The highest BCUT2D eigenvalue weighted by atomic mass is 16.5. The Balaban J connectivity index is 2.48. The summed E-state index contributed by atoms with van der Waals surface area (Å²) in [5.41, 5.74) is -0.133. The fourth-order valence-corrected chi connectivity index (χ4v) is 2.47. The zero-order valence-electron chi connectivity index (χ0n) is 11.7. The van der Waals surface area contributed by atoms with Gasteiger partial charge in [0, 0.05) is 19.6 Å². The second-order valence-corrected chi connectivity index (χ2v) is 5.54. The summed E-state index contributed by atoms with van der Waals surface area (Å²) in [5.74, 6) is -0.180. The molecule has 1 aliphatic heterocycles. The van der Waals surface area contributed by atoms with E-state index in [2.05, 4.69) is 25.7 Å². The highest BCUT2D eigenvalue weighted by Gasteiger charge is 2.32. The van der Waals surface area contributed by atoms with Gasteiger partial charge >= 0.3 is 5.97 Å². The number of morpholine rings is 1. The van der Waals surface area contributed by atoms with E-state index in [9.17, 15) is 4.79 Å². The van der Waals surface area contributed by atoms with Gasteiger partial charge in [-0.1, -0.05) is 6.92 Å². The molecule has 1 heterocycles. The predicted molar refractivity (Wildman–Crippen MR) is 66.9 cm³/mol. The molecule has 1 aliphatic rings. The molecule has 1 rings (SSSR count). The minimum Gasteiger partial charge on any atom is -0.466 e. The average molecular weight is 243 g/mol. The number of hydrogen-bond acceptors (Lipinski definition) is 4. The molecule has 0 radical (unpaired) electrons. The molecule has 100 valence electrons. The number of nitrogens with zero attached hydrogens (tertiary/aromatic N) is 1. The van der Waals surface area contributed by atoms with E-state index in [0.29, 0.717) is 6.61 Å². The van der Waals surface area contributed by atoms with Gasteiger partial charge in [-0.3, -0.25) is 9.69 Å². The largest absolute Gasteiger partial charge is 0.466 e. The van der Waals surface area contributed by atoms with Crippen LogP contribution in [0, 0.1) is 5.92 Å². The van der Waals surface area contributed by atoms with Crippen molar-refractivity contribution in [3.05, 3.63) is 0 Å². The first kappa shape index (κ1) is 14.5. The number of hydrogen-bond donors (Lipinski definition) is 0. The summed E-state index contributed by atoms with van der Waals surface area (Å²) in [6.07, 6.45) is 0.216. The van der Waals surface area contributed by atoms with Crippen LogP contribution in [-0.4, -0.2) is 48.8 Å². The van der Waals surface area contributed by atoms with E-state index in [4.69, 9.17) is 9.47 Å². The maximum Gasteiger partial charge on any atom is 0.309 e. The maximum atomic E-state index is 11.6.